The van der Waals surface area contributed by atoms with E-state index >= 15 is 0 Å². The number of rotatable bonds is 6. The summed E-state index contributed by atoms with van der Waals surface area (Å²) in [6.07, 6.45) is 8.17. The van der Waals surface area contributed by atoms with Gasteiger partial charge < -0.3 is 9.15 Å². The van der Waals surface area contributed by atoms with Crippen LogP contribution < -0.4 is 0 Å². The van der Waals surface area contributed by atoms with E-state index in [2.05, 4.69) is 20.7 Å². The van der Waals surface area contributed by atoms with Crippen molar-refractivity contribution in [3.05, 3.63) is 42.1 Å². The standard InChI is InChI=1S/C17H23N3O2/c1-2-14(1)11-22-13-16-8-19(7-15-4-6-21-12-15)10-17-3-5-18-20(17)9-16/h3-6,12,14,16H,1-2,7-11,13H2/t16-/m0/s1. The van der Waals surface area contributed by atoms with Gasteiger partial charge in [-0.1, -0.05) is 0 Å². The van der Waals surface area contributed by atoms with E-state index in [9.17, 15) is 0 Å². The third-order valence-corrected chi connectivity index (χ3v) is 4.53. The van der Waals surface area contributed by atoms with Crippen LogP contribution in [0.15, 0.2) is 35.3 Å². The minimum absolute atomic E-state index is 0.492. The Labute approximate surface area is 130 Å². The van der Waals surface area contributed by atoms with Crippen LogP contribution in [0.1, 0.15) is 24.1 Å². The summed E-state index contributed by atoms with van der Waals surface area (Å²) in [5, 5.41) is 4.47. The van der Waals surface area contributed by atoms with Gasteiger partial charge in [-0.25, -0.2) is 0 Å². The van der Waals surface area contributed by atoms with Crippen molar-refractivity contribution in [2.45, 2.75) is 32.5 Å². The lowest BCUT2D eigenvalue weighted by Crippen LogP contribution is -2.30. The molecule has 118 valence electrons. The average Bonchev–Trinajstić information content (AvgIpc) is 3.06. The number of nitrogens with zero attached hydrogens (tertiary/aromatic N) is 3. The summed E-state index contributed by atoms with van der Waals surface area (Å²) < 4.78 is 13.3. The zero-order valence-corrected chi connectivity index (χ0v) is 12.9. The Morgan fingerprint density at radius 3 is 2.91 bits per heavy atom. The van der Waals surface area contributed by atoms with Gasteiger partial charge in [0.1, 0.15) is 0 Å². The number of fused-ring (bicyclic) bond motifs is 1. The summed E-state index contributed by atoms with van der Waals surface area (Å²) in [6, 6.07) is 4.16. The third-order valence-electron chi connectivity index (χ3n) is 4.53. The van der Waals surface area contributed by atoms with Crippen LogP contribution in [0.3, 0.4) is 0 Å². The van der Waals surface area contributed by atoms with Gasteiger partial charge >= 0.3 is 0 Å². The minimum atomic E-state index is 0.492. The highest BCUT2D eigenvalue weighted by molar-refractivity contribution is 5.07. The van der Waals surface area contributed by atoms with Crippen LogP contribution in [0, 0.1) is 11.8 Å². The van der Waals surface area contributed by atoms with Crippen molar-refractivity contribution in [2.24, 2.45) is 11.8 Å². The van der Waals surface area contributed by atoms with Crippen LogP contribution in [0.25, 0.3) is 0 Å². The molecule has 1 atom stereocenters. The van der Waals surface area contributed by atoms with Crippen LogP contribution in [0.5, 0.6) is 0 Å². The molecular formula is C17H23N3O2. The van der Waals surface area contributed by atoms with Gasteiger partial charge in [0.15, 0.2) is 0 Å². The van der Waals surface area contributed by atoms with E-state index < -0.39 is 0 Å². The maximum Gasteiger partial charge on any atom is 0.0947 e. The van der Waals surface area contributed by atoms with E-state index in [1.54, 1.807) is 6.26 Å². The first-order chi connectivity index (χ1) is 10.9. The Hall–Kier alpha value is -1.59. The molecule has 2 aromatic rings. The summed E-state index contributed by atoms with van der Waals surface area (Å²) in [4.78, 5) is 2.47. The average molecular weight is 301 g/mol. The molecular weight excluding hydrogens is 278 g/mol. The normalized spacial score (nSPS) is 22.5. The Kier molecular flexibility index (Phi) is 3.99. The molecule has 1 fully saturated rings. The summed E-state index contributed by atoms with van der Waals surface area (Å²) in [5.41, 5.74) is 2.51. The molecule has 3 heterocycles. The first kappa shape index (κ1) is 14.0. The Bertz CT molecular complexity index is 589. The van der Waals surface area contributed by atoms with Crippen LogP contribution >= 0.6 is 0 Å². The second kappa shape index (κ2) is 6.26. The first-order valence-corrected chi connectivity index (χ1v) is 8.18. The SMILES string of the molecule is c1cc2n(n1)C[C@@H](COCC1CC1)CN(Cc1ccoc1)C2. The molecule has 22 heavy (non-hydrogen) atoms. The van der Waals surface area contributed by atoms with Crippen LogP contribution in [0.4, 0.5) is 0 Å². The molecule has 0 unspecified atom stereocenters. The number of ether oxygens (including phenoxy) is 1. The zero-order chi connectivity index (χ0) is 14.8. The molecule has 5 heteroatoms. The maximum absolute atomic E-state index is 5.94. The van der Waals surface area contributed by atoms with Crippen molar-refractivity contribution in [2.75, 3.05) is 19.8 Å². The summed E-state index contributed by atoms with van der Waals surface area (Å²) >= 11 is 0. The summed E-state index contributed by atoms with van der Waals surface area (Å²) in [7, 11) is 0. The fourth-order valence-electron chi connectivity index (χ4n) is 3.17. The number of furan rings is 1. The topological polar surface area (TPSA) is 43.4 Å². The van der Waals surface area contributed by atoms with Crippen molar-refractivity contribution in [3.8, 4) is 0 Å². The van der Waals surface area contributed by atoms with E-state index in [4.69, 9.17) is 9.15 Å². The lowest BCUT2D eigenvalue weighted by Gasteiger charge is -2.23. The van der Waals surface area contributed by atoms with Gasteiger partial charge in [-0.3, -0.25) is 9.58 Å². The molecule has 1 saturated carbocycles. The highest BCUT2D eigenvalue weighted by Crippen LogP contribution is 2.29. The highest BCUT2D eigenvalue weighted by Gasteiger charge is 2.25. The molecule has 4 rings (SSSR count). The summed E-state index contributed by atoms with van der Waals surface area (Å²) in [5.74, 6) is 1.32. The second-order valence-electron chi connectivity index (χ2n) is 6.65. The monoisotopic (exact) mass is 301 g/mol. The lowest BCUT2D eigenvalue weighted by atomic mass is 10.1. The zero-order valence-electron chi connectivity index (χ0n) is 12.9. The molecule has 0 aromatic carbocycles. The Morgan fingerprint density at radius 2 is 2.09 bits per heavy atom. The first-order valence-electron chi connectivity index (χ1n) is 8.18. The molecule has 1 aliphatic carbocycles. The number of aromatic nitrogens is 2. The smallest absolute Gasteiger partial charge is 0.0947 e. The molecule has 0 bridgehead atoms. The number of hydrogen-bond acceptors (Lipinski definition) is 4. The Morgan fingerprint density at radius 1 is 1.18 bits per heavy atom. The van der Waals surface area contributed by atoms with Gasteiger partial charge in [0.2, 0.25) is 0 Å². The van der Waals surface area contributed by atoms with Crippen molar-refractivity contribution in [1.29, 1.82) is 0 Å². The van der Waals surface area contributed by atoms with Gasteiger partial charge in [0.05, 0.1) is 24.8 Å². The van der Waals surface area contributed by atoms with Gasteiger partial charge in [0.25, 0.3) is 0 Å². The molecule has 0 saturated heterocycles. The molecule has 0 spiro atoms. The molecule has 1 aliphatic heterocycles. The van der Waals surface area contributed by atoms with Crippen molar-refractivity contribution in [1.82, 2.24) is 14.7 Å². The number of hydrogen-bond donors (Lipinski definition) is 0. The maximum atomic E-state index is 5.94. The van der Waals surface area contributed by atoms with E-state index in [-0.39, 0.29) is 0 Å². The molecule has 2 aliphatic rings. The fourth-order valence-corrected chi connectivity index (χ4v) is 3.17. The van der Waals surface area contributed by atoms with Crippen LogP contribution in [-0.2, 0) is 24.4 Å². The molecule has 0 N–H and O–H groups in total. The molecule has 0 amide bonds. The molecule has 0 radical (unpaired) electrons. The van der Waals surface area contributed by atoms with Gasteiger partial charge in [-0.05, 0) is 30.9 Å². The molecule has 5 nitrogen and oxygen atoms in total. The van der Waals surface area contributed by atoms with E-state index in [0.29, 0.717) is 5.92 Å². The van der Waals surface area contributed by atoms with E-state index in [1.165, 1.54) is 24.1 Å². The predicted molar refractivity (Wildman–Crippen MR) is 82.1 cm³/mol. The van der Waals surface area contributed by atoms with Crippen LogP contribution in [0.2, 0.25) is 0 Å². The van der Waals surface area contributed by atoms with Crippen molar-refractivity contribution < 1.29 is 9.15 Å². The van der Waals surface area contributed by atoms with Gasteiger partial charge in [-0.15, -0.1) is 0 Å². The third kappa shape index (κ3) is 3.42. The van der Waals surface area contributed by atoms with Crippen molar-refractivity contribution >= 4 is 0 Å². The van der Waals surface area contributed by atoms with Crippen molar-refractivity contribution in [3.63, 3.8) is 0 Å². The van der Waals surface area contributed by atoms with Gasteiger partial charge in [-0.2, -0.15) is 5.10 Å². The van der Waals surface area contributed by atoms with E-state index in [1.807, 2.05) is 18.5 Å². The fraction of sp³-hybridized carbons (Fsp3) is 0.588. The highest BCUT2D eigenvalue weighted by atomic mass is 16.5. The summed E-state index contributed by atoms with van der Waals surface area (Å²) in [6.45, 7) is 5.61. The second-order valence-corrected chi connectivity index (χ2v) is 6.65. The van der Waals surface area contributed by atoms with E-state index in [0.717, 1.165) is 45.3 Å². The quantitative estimate of drug-likeness (QED) is 0.822. The predicted octanol–water partition coefficient (Wildman–Crippen LogP) is 2.53. The largest absolute Gasteiger partial charge is 0.472 e. The lowest BCUT2D eigenvalue weighted by molar-refractivity contribution is 0.0696. The van der Waals surface area contributed by atoms with Crippen LogP contribution in [-0.4, -0.2) is 34.4 Å². The Balaban J connectivity index is 1.42. The molecule has 2 aromatic heterocycles. The minimum Gasteiger partial charge on any atom is -0.472 e. The van der Waals surface area contributed by atoms with Gasteiger partial charge in [0, 0.05) is 50.5 Å².